The summed E-state index contributed by atoms with van der Waals surface area (Å²) in [5.74, 6) is -0.639. The van der Waals surface area contributed by atoms with E-state index in [1.807, 2.05) is 6.92 Å². The molecule has 0 N–H and O–H groups in total. The number of hydrogen-bond donors (Lipinski definition) is 0. The predicted molar refractivity (Wildman–Crippen MR) is 54.4 cm³/mol. The van der Waals surface area contributed by atoms with Crippen LogP contribution in [0.15, 0.2) is 0 Å². The molecule has 0 bridgehead atoms. The van der Waals surface area contributed by atoms with Crippen molar-refractivity contribution in [3.8, 4) is 0 Å². The third-order valence-corrected chi connectivity index (χ3v) is 2.74. The molecule has 1 heterocycles. The summed E-state index contributed by atoms with van der Waals surface area (Å²) < 4.78 is 9.98. The molecule has 0 aliphatic carbocycles. The molecule has 4 heteroatoms. The fourth-order valence-corrected chi connectivity index (χ4v) is 1.76. The second-order valence-corrected chi connectivity index (χ2v) is 4.10. The van der Waals surface area contributed by atoms with Crippen molar-refractivity contribution in [3.05, 3.63) is 0 Å². The first-order chi connectivity index (χ1) is 7.04. The molecule has 1 aliphatic heterocycles. The van der Waals surface area contributed by atoms with E-state index >= 15 is 0 Å². The number of ether oxygens (including phenoxy) is 2. The Morgan fingerprint density at radius 2 is 2.13 bits per heavy atom. The van der Waals surface area contributed by atoms with Crippen LogP contribution in [0.5, 0.6) is 0 Å². The van der Waals surface area contributed by atoms with E-state index in [1.165, 1.54) is 7.11 Å². The number of methoxy groups -OCH3 is 1. The summed E-state index contributed by atoms with van der Waals surface area (Å²) in [7, 11) is 1.33. The molecular formula is C11H18O4. The van der Waals surface area contributed by atoms with Crippen molar-refractivity contribution in [2.75, 3.05) is 7.11 Å². The predicted octanol–water partition coefficient (Wildman–Crippen LogP) is 1.32. The number of rotatable bonds is 4. The Labute approximate surface area is 89.9 Å². The van der Waals surface area contributed by atoms with E-state index in [0.29, 0.717) is 0 Å². The molecule has 15 heavy (non-hydrogen) atoms. The van der Waals surface area contributed by atoms with E-state index in [4.69, 9.17) is 4.74 Å². The van der Waals surface area contributed by atoms with Crippen LogP contribution in [0.3, 0.4) is 0 Å². The zero-order valence-electron chi connectivity index (χ0n) is 9.49. The van der Waals surface area contributed by atoms with Crippen LogP contribution in [0.2, 0.25) is 0 Å². The van der Waals surface area contributed by atoms with Gasteiger partial charge in [0.05, 0.1) is 19.6 Å². The van der Waals surface area contributed by atoms with Gasteiger partial charge in [0.15, 0.2) is 5.78 Å². The normalized spacial score (nSPS) is 27.4. The molecule has 0 saturated carbocycles. The van der Waals surface area contributed by atoms with Crippen molar-refractivity contribution in [1.29, 1.82) is 0 Å². The zero-order valence-corrected chi connectivity index (χ0v) is 9.49. The van der Waals surface area contributed by atoms with E-state index in [2.05, 4.69) is 4.74 Å². The maximum absolute atomic E-state index is 11.8. The van der Waals surface area contributed by atoms with Crippen LogP contribution in [0, 0.1) is 5.92 Å². The summed E-state index contributed by atoms with van der Waals surface area (Å²) in [4.78, 5) is 22.8. The fourth-order valence-electron chi connectivity index (χ4n) is 1.76. The quantitative estimate of drug-likeness (QED) is 0.662. The SMILES string of the molecule is COC(=O)CC(C)C(=O)C1CCC(C)O1. The molecular weight excluding hydrogens is 196 g/mol. The fraction of sp³-hybridized carbons (Fsp3) is 0.818. The van der Waals surface area contributed by atoms with Gasteiger partial charge in [0.2, 0.25) is 0 Å². The molecule has 1 saturated heterocycles. The molecule has 0 aromatic rings. The van der Waals surface area contributed by atoms with Gasteiger partial charge in [0, 0.05) is 5.92 Å². The van der Waals surface area contributed by atoms with Crippen molar-refractivity contribution in [1.82, 2.24) is 0 Å². The van der Waals surface area contributed by atoms with Crippen molar-refractivity contribution in [3.63, 3.8) is 0 Å². The molecule has 0 aromatic carbocycles. The Morgan fingerprint density at radius 1 is 1.47 bits per heavy atom. The van der Waals surface area contributed by atoms with E-state index in [9.17, 15) is 9.59 Å². The van der Waals surface area contributed by atoms with Gasteiger partial charge in [-0.3, -0.25) is 9.59 Å². The summed E-state index contributed by atoms with van der Waals surface area (Å²) in [5, 5.41) is 0. The van der Waals surface area contributed by atoms with Crippen LogP contribution in [0.4, 0.5) is 0 Å². The molecule has 0 aromatic heterocycles. The molecule has 3 unspecified atom stereocenters. The summed E-state index contributed by atoms with van der Waals surface area (Å²) in [6.45, 7) is 3.70. The molecule has 4 nitrogen and oxygen atoms in total. The summed E-state index contributed by atoms with van der Waals surface area (Å²) in [6, 6.07) is 0. The molecule has 0 spiro atoms. The third kappa shape index (κ3) is 3.30. The molecule has 0 amide bonds. The Balaban J connectivity index is 2.42. The first kappa shape index (κ1) is 12.2. The average Bonchev–Trinajstić information content (AvgIpc) is 2.63. The highest BCUT2D eigenvalue weighted by molar-refractivity contribution is 5.88. The second kappa shape index (κ2) is 5.26. The Hall–Kier alpha value is -0.900. The van der Waals surface area contributed by atoms with Gasteiger partial charge in [-0.25, -0.2) is 0 Å². The van der Waals surface area contributed by atoms with E-state index in [0.717, 1.165) is 12.8 Å². The van der Waals surface area contributed by atoms with Crippen LogP contribution in [0.25, 0.3) is 0 Å². The van der Waals surface area contributed by atoms with Gasteiger partial charge in [-0.2, -0.15) is 0 Å². The smallest absolute Gasteiger partial charge is 0.306 e. The highest BCUT2D eigenvalue weighted by Crippen LogP contribution is 2.23. The maximum Gasteiger partial charge on any atom is 0.306 e. The van der Waals surface area contributed by atoms with Gasteiger partial charge in [0.25, 0.3) is 0 Å². The first-order valence-electron chi connectivity index (χ1n) is 5.30. The second-order valence-electron chi connectivity index (χ2n) is 4.10. The average molecular weight is 214 g/mol. The first-order valence-corrected chi connectivity index (χ1v) is 5.30. The van der Waals surface area contributed by atoms with Crippen LogP contribution in [-0.2, 0) is 19.1 Å². The minimum Gasteiger partial charge on any atom is -0.469 e. The summed E-state index contributed by atoms with van der Waals surface area (Å²) in [5.41, 5.74) is 0. The highest BCUT2D eigenvalue weighted by Gasteiger charge is 2.31. The van der Waals surface area contributed by atoms with E-state index in [-0.39, 0.29) is 36.3 Å². The van der Waals surface area contributed by atoms with E-state index < -0.39 is 0 Å². The van der Waals surface area contributed by atoms with Crippen LogP contribution >= 0.6 is 0 Å². The molecule has 1 rings (SSSR count). The van der Waals surface area contributed by atoms with Gasteiger partial charge in [-0.05, 0) is 19.8 Å². The molecule has 0 radical (unpaired) electrons. The lowest BCUT2D eigenvalue weighted by atomic mass is 9.97. The highest BCUT2D eigenvalue weighted by atomic mass is 16.5. The molecule has 1 aliphatic rings. The topological polar surface area (TPSA) is 52.6 Å². The van der Waals surface area contributed by atoms with Gasteiger partial charge >= 0.3 is 5.97 Å². The van der Waals surface area contributed by atoms with Crippen molar-refractivity contribution < 1.29 is 19.1 Å². The number of carbonyl (C=O) groups excluding carboxylic acids is 2. The van der Waals surface area contributed by atoms with Crippen LogP contribution in [-0.4, -0.2) is 31.1 Å². The zero-order chi connectivity index (χ0) is 11.4. The molecule has 86 valence electrons. The Kier molecular flexibility index (Phi) is 4.27. The number of ketones is 1. The van der Waals surface area contributed by atoms with Crippen molar-refractivity contribution >= 4 is 11.8 Å². The number of esters is 1. The largest absolute Gasteiger partial charge is 0.469 e. The molecule has 1 fully saturated rings. The third-order valence-electron chi connectivity index (χ3n) is 2.74. The van der Waals surface area contributed by atoms with Gasteiger partial charge in [-0.15, -0.1) is 0 Å². The van der Waals surface area contributed by atoms with Gasteiger partial charge in [-0.1, -0.05) is 6.92 Å². The Morgan fingerprint density at radius 3 is 2.60 bits per heavy atom. The number of carbonyl (C=O) groups is 2. The minimum absolute atomic E-state index is 0.0183. The number of Topliss-reactive ketones (excluding diaryl/α,β-unsaturated/α-hetero) is 1. The van der Waals surface area contributed by atoms with E-state index in [1.54, 1.807) is 6.92 Å². The lowest BCUT2D eigenvalue weighted by Crippen LogP contribution is -2.28. The van der Waals surface area contributed by atoms with Gasteiger partial charge < -0.3 is 9.47 Å². The summed E-state index contributed by atoms with van der Waals surface area (Å²) >= 11 is 0. The van der Waals surface area contributed by atoms with Crippen LogP contribution < -0.4 is 0 Å². The maximum atomic E-state index is 11.8. The summed E-state index contributed by atoms with van der Waals surface area (Å²) in [6.07, 6.45) is 1.67. The minimum atomic E-state index is -0.345. The monoisotopic (exact) mass is 214 g/mol. The Bertz CT molecular complexity index is 249. The van der Waals surface area contributed by atoms with Crippen LogP contribution in [0.1, 0.15) is 33.1 Å². The molecule has 3 atom stereocenters. The lowest BCUT2D eigenvalue weighted by Gasteiger charge is -2.14. The van der Waals surface area contributed by atoms with Gasteiger partial charge in [0.1, 0.15) is 6.10 Å². The number of hydrogen-bond acceptors (Lipinski definition) is 4. The standard InChI is InChI=1S/C11H18O4/c1-7(6-10(12)14-3)11(13)9-5-4-8(2)15-9/h7-9H,4-6H2,1-3H3. The van der Waals surface area contributed by atoms with Crippen molar-refractivity contribution in [2.45, 2.75) is 45.3 Å². The lowest BCUT2D eigenvalue weighted by molar-refractivity contribution is -0.145. The van der Waals surface area contributed by atoms with Crippen molar-refractivity contribution in [2.24, 2.45) is 5.92 Å².